The Bertz CT molecular complexity index is 1150. The van der Waals surface area contributed by atoms with Crippen LogP contribution in [-0.2, 0) is 4.79 Å². The second-order valence-corrected chi connectivity index (χ2v) is 13.1. The molecule has 0 aliphatic heterocycles. The van der Waals surface area contributed by atoms with E-state index < -0.39 is 0 Å². The molecule has 31 heavy (non-hydrogen) atoms. The van der Waals surface area contributed by atoms with Gasteiger partial charge in [0, 0.05) is 22.0 Å². The summed E-state index contributed by atoms with van der Waals surface area (Å²) in [4.78, 5) is 17.7. The predicted octanol–water partition coefficient (Wildman–Crippen LogP) is 7.33. The van der Waals surface area contributed by atoms with Crippen LogP contribution in [0.2, 0.25) is 0 Å². The molecule has 7 rings (SSSR count). The van der Waals surface area contributed by atoms with Crippen molar-refractivity contribution >= 4 is 49.1 Å². The number of carbonyl (C=O) groups excluding carboxylic acids is 1. The van der Waals surface area contributed by atoms with Crippen LogP contribution in [0, 0.1) is 24.2 Å². The van der Waals surface area contributed by atoms with Gasteiger partial charge in [-0.1, -0.05) is 22.0 Å². The summed E-state index contributed by atoms with van der Waals surface area (Å²) in [5.74, 6) is 1.79. The van der Waals surface area contributed by atoms with Crippen molar-refractivity contribution in [1.82, 2.24) is 4.98 Å². The number of benzene rings is 2. The molecule has 4 fully saturated rings. The van der Waals surface area contributed by atoms with E-state index in [1.165, 1.54) is 42.4 Å². The predicted molar refractivity (Wildman–Crippen MR) is 132 cm³/mol. The zero-order valence-corrected chi connectivity index (χ0v) is 20.2. The van der Waals surface area contributed by atoms with Crippen molar-refractivity contribution in [3.63, 3.8) is 0 Å². The fraction of sp³-hybridized carbons (Fsp3) is 0.462. The van der Waals surface area contributed by atoms with Gasteiger partial charge in [0.05, 0.1) is 10.2 Å². The first-order chi connectivity index (χ1) is 14.9. The number of amides is 1. The van der Waals surface area contributed by atoms with E-state index in [1.54, 1.807) is 11.3 Å². The van der Waals surface area contributed by atoms with Gasteiger partial charge < -0.3 is 5.32 Å². The lowest BCUT2D eigenvalue weighted by Crippen LogP contribution is -2.53. The normalized spacial score (nSPS) is 31.3. The standard InChI is InChI=1S/C26H27BrN2OS/c1-16-2-7-21-22(8-16)31-24(29-21)19-3-5-20(6-4-19)28-23(30)14-25-10-17-9-18(11-25)13-26(27,12-17)15-25/h2-8,17-18H,9-15H2,1H3,(H,28,30)/t17-,18-,25?,26?/m1/s1. The van der Waals surface area contributed by atoms with Gasteiger partial charge in [-0.2, -0.15) is 0 Å². The molecule has 3 nitrogen and oxygen atoms in total. The number of anilines is 1. The highest BCUT2D eigenvalue weighted by molar-refractivity contribution is 9.10. The Morgan fingerprint density at radius 1 is 1.13 bits per heavy atom. The molecular weight excluding hydrogens is 468 g/mol. The SMILES string of the molecule is Cc1ccc2nc(-c3ccc(NC(=O)CC45C[C@H]6C[C@@H](CC(Br)(C6)C4)C5)cc3)sc2c1. The largest absolute Gasteiger partial charge is 0.326 e. The Morgan fingerprint density at radius 3 is 2.58 bits per heavy atom. The first kappa shape index (κ1) is 19.9. The second-order valence-electron chi connectivity index (χ2n) is 10.4. The molecule has 3 aromatic rings. The van der Waals surface area contributed by atoms with E-state index in [4.69, 9.17) is 4.98 Å². The molecule has 4 aliphatic rings. The summed E-state index contributed by atoms with van der Waals surface area (Å²) in [6.45, 7) is 2.11. The summed E-state index contributed by atoms with van der Waals surface area (Å²) in [5, 5.41) is 4.19. The maximum Gasteiger partial charge on any atom is 0.224 e. The van der Waals surface area contributed by atoms with Gasteiger partial charge in [0.2, 0.25) is 5.91 Å². The maximum atomic E-state index is 13.0. The number of rotatable bonds is 4. The van der Waals surface area contributed by atoms with Crippen LogP contribution in [0.3, 0.4) is 0 Å². The Morgan fingerprint density at radius 2 is 1.87 bits per heavy atom. The number of thiazole rings is 1. The van der Waals surface area contributed by atoms with E-state index in [-0.39, 0.29) is 11.3 Å². The molecule has 4 bridgehead atoms. The van der Waals surface area contributed by atoms with E-state index in [9.17, 15) is 4.79 Å². The Balaban J connectivity index is 1.15. The summed E-state index contributed by atoms with van der Waals surface area (Å²) in [6.07, 6.45) is 8.28. The van der Waals surface area contributed by atoms with Crippen LogP contribution in [0.15, 0.2) is 42.5 Å². The highest BCUT2D eigenvalue weighted by Gasteiger charge is 2.57. The lowest BCUT2D eigenvalue weighted by Gasteiger charge is -2.60. The van der Waals surface area contributed by atoms with Gasteiger partial charge in [0.15, 0.2) is 0 Å². The number of halogens is 1. The summed E-state index contributed by atoms with van der Waals surface area (Å²) in [7, 11) is 0. The van der Waals surface area contributed by atoms with Crippen molar-refractivity contribution in [2.24, 2.45) is 17.3 Å². The van der Waals surface area contributed by atoms with E-state index in [0.717, 1.165) is 40.0 Å². The Hall–Kier alpha value is -1.72. The molecule has 0 radical (unpaired) electrons. The summed E-state index contributed by atoms with van der Waals surface area (Å²) >= 11 is 5.78. The minimum atomic E-state index is 0.168. The molecule has 0 unspecified atom stereocenters. The smallest absolute Gasteiger partial charge is 0.224 e. The van der Waals surface area contributed by atoms with Gasteiger partial charge in [-0.25, -0.2) is 4.98 Å². The van der Waals surface area contributed by atoms with Crippen molar-refractivity contribution in [3.8, 4) is 10.6 Å². The lowest BCUT2D eigenvalue weighted by atomic mass is 9.48. The van der Waals surface area contributed by atoms with Crippen molar-refractivity contribution in [2.75, 3.05) is 5.32 Å². The molecule has 1 aromatic heterocycles. The number of carbonyl (C=O) groups is 1. The molecule has 1 N–H and O–H groups in total. The molecule has 0 saturated heterocycles. The van der Waals surface area contributed by atoms with Gasteiger partial charge in [-0.15, -0.1) is 11.3 Å². The molecule has 2 aromatic carbocycles. The van der Waals surface area contributed by atoms with Crippen molar-refractivity contribution in [1.29, 1.82) is 0 Å². The van der Waals surface area contributed by atoms with Crippen LogP contribution in [0.5, 0.6) is 0 Å². The minimum Gasteiger partial charge on any atom is -0.326 e. The number of hydrogen-bond donors (Lipinski definition) is 1. The molecule has 1 amide bonds. The Labute approximate surface area is 195 Å². The average Bonchev–Trinajstić information content (AvgIpc) is 3.09. The van der Waals surface area contributed by atoms with Gasteiger partial charge in [-0.3, -0.25) is 4.79 Å². The second kappa shape index (κ2) is 7.14. The van der Waals surface area contributed by atoms with Crippen LogP contribution < -0.4 is 5.32 Å². The van der Waals surface area contributed by atoms with Crippen LogP contribution in [0.1, 0.15) is 50.5 Å². The minimum absolute atomic E-state index is 0.168. The molecule has 4 aliphatic carbocycles. The van der Waals surface area contributed by atoms with Gasteiger partial charge in [0.1, 0.15) is 5.01 Å². The summed E-state index contributed by atoms with van der Waals surface area (Å²) < 4.78 is 1.52. The van der Waals surface area contributed by atoms with E-state index in [2.05, 4.69) is 58.5 Å². The summed E-state index contributed by atoms with van der Waals surface area (Å²) in [6, 6.07) is 14.5. The number of nitrogens with one attached hydrogen (secondary N) is 1. The highest BCUT2D eigenvalue weighted by atomic mass is 79.9. The lowest BCUT2D eigenvalue weighted by molar-refractivity contribution is -0.123. The fourth-order valence-electron chi connectivity index (χ4n) is 6.94. The number of aromatic nitrogens is 1. The quantitative estimate of drug-likeness (QED) is 0.385. The highest BCUT2D eigenvalue weighted by Crippen LogP contribution is 2.65. The maximum absolute atomic E-state index is 13.0. The third-order valence-corrected chi connectivity index (χ3v) is 9.60. The van der Waals surface area contributed by atoms with Crippen LogP contribution in [0.4, 0.5) is 5.69 Å². The van der Waals surface area contributed by atoms with E-state index in [0.29, 0.717) is 10.7 Å². The number of alkyl halides is 1. The van der Waals surface area contributed by atoms with Gasteiger partial charge in [0.25, 0.3) is 0 Å². The third kappa shape index (κ3) is 3.74. The average molecular weight is 495 g/mol. The van der Waals surface area contributed by atoms with Crippen molar-refractivity contribution in [3.05, 3.63) is 48.0 Å². The molecule has 1 heterocycles. The van der Waals surface area contributed by atoms with Crippen LogP contribution in [-0.4, -0.2) is 15.2 Å². The van der Waals surface area contributed by atoms with E-state index >= 15 is 0 Å². The van der Waals surface area contributed by atoms with Crippen LogP contribution in [0.25, 0.3) is 20.8 Å². The number of hydrogen-bond acceptors (Lipinski definition) is 3. The first-order valence-electron chi connectivity index (χ1n) is 11.3. The monoisotopic (exact) mass is 494 g/mol. The number of fused-ring (bicyclic) bond motifs is 1. The topological polar surface area (TPSA) is 42.0 Å². The first-order valence-corrected chi connectivity index (χ1v) is 12.9. The van der Waals surface area contributed by atoms with E-state index in [1.807, 2.05) is 12.1 Å². The van der Waals surface area contributed by atoms with Crippen molar-refractivity contribution < 1.29 is 4.79 Å². The zero-order valence-electron chi connectivity index (χ0n) is 17.8. The van der Waals surface area contributed by atoms with Gasteiger partial charge >= 0.3 is 0 Å². The Kier molecular flexibility index (Phi) is 4.59. The molecule has 5 heteroatoms. The fourth-order valence-corrected chi connectivity index (χ4v) is 9.52. The molecule has 160 valence electrons. The third-order valence-electron chi connectivity index (χ3n) is 7.61. The van der Waals surface area contributed by atoms with Gasteiger partial charge in [-0.05, 0) is 105 Å². The van der Waals surface area contributed by atoms with Crippen molar-refractivity contribution in [2.45, 2.75) is 56.2 Å². The number of nitrogens with zero attached hydrogens (tertiary/aromatic N) is 1. The number of aryl methyl sites for hydroxylation is 1. The zero-order chi connectivity index (χ0) is 21.2. The molecule has 2 atom stereocenters. The molecule has 0 spiro atoms. The molecule has 4 saturated carbocycles. The van der Waals surface area contributed by atoms with Crippen LogP contribution >= 0.6 is 27.3 Å². The summed E-state index contributed by atoms with van der Waals surface area (Å²) in [5.41, 5.74) is 4.48. The molecular formula is C26H27BrN2OS.